The normalized spacial score (nSPS) is 14.6. The quantitative estimate of drug-likeness (QED) is 0.737. The highest BCUT2D eigenvalue weighted by molar-refractivity contribution is 5.93. The van der Waals surface area contributed by atoms with Crippen molar-refractivity contribution in [3.05, 3.63) is 84.1 Å². The molecule has 3 aromatic rings. The minimum Gasteiger partial charge on any atom is -0.355 e. The maximum absolute atomic E-state index is 12.9. The second kappa shape index (κ2) is 8.65. The van der Waals surface area contributed by atoms with Crippen molar-refractivity contribution in [3.8, 4) is 0 Å². The first-order chi connectivity index (χ1) is 13.8. The zero-order valence-corrected chi connectivity index (χ0v) is 15.8. The first kappa shape index (κ1) is 18.2. The van der Waals surface area contributed by atoms with Gasteiger partial charge in [0.2, 0.25) is 5.91 Å². The fraction of sp³-hybridized carbons (Fsp3) is 0.261. The summed E-state index contributed by atoms with van der Waals surface area (Å²) in [5, 5.41) is 11.3. The fourth-order valence-corrected chi connectivity index (χ4v) is 3.68. The molecule has 2 heterocycles. The van der Waals surface area contributed by atoms with Crippen LogP contribution in [0.1, 0.15) is 24.0 Å². The van der Waals surface area contributed by atoms with Crippen LogP contribution >= 0.6 is 0 Å². The summed E-state index contributed by atoms with van der Waals surface area (Å²) in [5.74, 6) is 1.02. The number of rotatable bonds is 5. The lowest BCUT2D eigenvalue weighted by molar-refractivity contribution is -0.120. The molecule has 1 N–H and O–H groups in total. The second-order valence-corrected chi connectivity index (χ2v) is 7.15. The number of anilines is 2. The van der Waals surface area contributed by atoms with Crippen molar-refractivity contribution in [1.29, 1.82) is 0 Å². The summed E-state index contributed by atoms with van der Waals surface area (Å²) in [6.45, 7) is 1.64. The average molecular weight is 372 g/mol. The minimum atomic E-state index is 0.0257. The SMILES string of the molecule is O=C(Nc1ccccc1Cc1ccccc1)C1CCN(c2cccnn2)CC1. The molecule has 1 amide bonds. The largest absolute Gasteiger partial charge is 0.355 e. The molecule has 1 saturated heterocycles. The van der Waals surface area contributed by atoms with Crippen LogP contribution in [-0.2, 0) is 11.2 Å². The van der Waals surface area contributed by atoms with E-state index < -0.39 is 0 Å². The predicted octanol–water partition coefficient (Wildman–Crippen LogP) is 3.92. The van der Waals surface area contributed by atoms with Gasteiger partial charge in [0, 0.05) is 30.9 Å². The van der Waals surface area contributed by atoms with Crippen molar-refractivity contribution in [3.63, 3.8) is 0 Å². The Hall–Kier alpha value is -3.21. The van der Waals surface area contributed by atoms with Gasteiger partial charge in [-0.1, -0.05) is 48.5 Å². The number of piperidine rings is 1. The van der Waals surface area contributed by atoms with Gasteiger partial charge >= 0.3 is 0 Å². The summed E-state index contributed by atoms with van der Waals surface area (Å²) in [6.07, 6.45) is 4.13. The average Bonchev–Trinajstić information content (AvgIpc) is 2.76. The summed E-state index contributed by atoms with van der Waals surface area (Å²) in [4.78, 5) is 15.1. The Kier molecular flexibility index (Phi) is 5.61. The molecule has 5 heteroatoms. The van der Waals surface area contributed by atoms with Crippen molar-refractivity contribution in [2.75, 3.05) is 23.3 Å². The minimum absolute atomic E-state index is 0.0257. The maximum atomic E-state index is 12.9. The maximum Gasteiger partial charge on any atom is 0.227 e. The van der Waals surface area contributed by atoms with E-state index >= 15 is 0 Å². The van der Waals surface area contributed by atoms with Gasteiger partial charge in [-0.15, -0.1) is 5.10 Å². The molecule has 28 heavy (non-hydrogen) atoms. The second-order valence-electron chi connectivity index (χ2n) is 7.15. The van der Waals surface area contributed by atoms with Gasteiger partial charge in [0.25, 0.3) is 0 Å². The summed E-state index contributed by atoms with van der Waals surface area (Å²) in [6, 6.07) is 22.3. The van der Waals surface area contributed by atoms with E-state index in [4.69, 9.17) is 0 Å². The number of hydrogen-bond donors (Lipinski definition) is 1. The summed E-state index contributed by atoms with van der Waals surface area (Å²) in [7, 11) is 0. The lowest BCUT2D eigenvalue weighted by Gasteiger charge is -2.31. The number of amides is 1. The van der Waals surface area contributed by atoms with Gasteiger partial charge < -0.3 is 10.2 Å². The third kappa shape index (κ3) is 4.36. The van der Waals surface area contributed by atoms with E-state index in [1.165, 1.54) is 5.56 Å². The van der Waals surface area contributed by atoms with E-state index in [1.54, 1.807) is 6.20 Å². The van der Waals surface area contributed by atoms with Crippen molar-refractivity contribution in [2.45, 2.75) is 19.3 Å². The Bertz CT molecular complexity index is 906. The molecule has 0 bridgehead atoms. The summed E-state index contributed by atoms with van der Waals surface area (Å²) >= 11 is 0. The van der Waals surface area contributed by atoms with E-state index in [0.717, 1.165) is 49.4 Å². The zero-order chi connectivity index (χ0) is 19.2. The van der Waals surface area contributed by atoms with Gasteiger partial charge in [-0.3, -0.25) is 4.79 Å². The molecule has 0 spiro atoms. The lowest BCUT2D eigenvalue weighted by atomic mass is 9.95. The van der Waals surface area contributed by atoms with Crippen LogP contribution in [0.5, 0.6) is 0 Å². The van der Waals surface area contributed by atoms with Gasteiger partial charge in [-0.25, -0.2) is 0 Å². The molecule has 0 aliphatic carbocycles. The van der Waals surface area contributed by atoms with E-state index in [2.05, 4.69) is 38.6 Å². The van der Waals surface area contributed by atoms with Gasteiger partial charge in [0.1, 0.15) is 0 Å². The number of benzene rings is 2. The molecular formula is C23H24N4O. The van der Waals surface area contributed by atoms with Gasteiger partial charge in [0.05, 0.1) is 0 Å². The first-order valence-corrected chi connectivity index (χ1v) is 9.75. The van der Waals surface area contributed by atoms with Gasteiger partial charge in [0.15, 0.2) is 5.82 Å². The summed E-state index contributed by atoms with van der Waals surface area (Å²) in [5.41, 5.74) is 3.29. The molecule has 1 aliphatic rings. The predicted molar refractivity (Wildman–Crippen MR) is 111 cm³/mol. The number of carbonyl (C=O) groups is 1. The molecule has 142 valence electrons. The van der Waals surface area contributed by atoms with Crippen molar-refractivity contribution in [2.24, 2.45) is 5.92 Å². The molecule has 4 rings (SSSR count). The van der Waals surface area contributed by atoms with Gasteiger partial charge in [-0.2, -0.15) is 5.10 Å². The van der Waals surface area contributed by atoms with Crippen molar-refractivity contribution >= 4 is 17.4 Å². The Morgan fingerprint density at radius 1 is 0.964 bits per heavy atom. The molecule has 0 saturated carbocycles. The van der Waals surface area contributed by atoms with Crippen LogP contribution in [-0.4, -0.2) is 29.2 Å². The van der Waals surface area contributed by atoms with Crippen molar-refractivity contribution in [1.82, 2.24) is 10.2 Å². The lowest BCUT2D eigenvalue weighted by Crippen LogP contribution is -2.38. The molecule has 1 aliphatic heterocycles. The third-order valence-electron chi connectivity index (χ3n) is 5.26. The Morgan fingerprint density at radius 3 is 2.46 bits per heavy atom. The highest BCUT2D eigenvalue weighted by Gasteiger charge is 2.26. The smallest absolute Gasteiger partial charge is 0.227 e. The van der Waals surface area contributed by atoms with Crippen LogP contribution in [0.4, 0.5) is 11.5 Å². The highest BCUT2D eigenvalue weighted by atomic mass is 16.1. The van der Waals surface area contributed by atoms with Gasteiger partial charge in [-0.05, 0) is 48.6 Å². The van der Waals surface area contributed by atoms with E-state index in [1.807, 2.05) is 48.5 Å². The fourth-order valence-electron chi connectivity index (χ4n) is 3.68. The zero-order valence-electron chi connectivity index (χ0n) is 15.8. The topological polar surface area (TPSA) is 58.1 Å². The summed E-state index contributed by atoms with van der Waals surface area (Å²) < 4.78 is 0. The Balaban J connectivity index is 1.38. The van der Waals surface area contributed by atoms with E-state index in [-0.39, 0.29) is 11.8 Å². The van der Waals surface area contributed by atoms with Crippen molar-refractivity contribution < 1.29 is 4.79 Å². The molecule has 1 aromatic heterocycles. The number of aromatic nitrogens is 2. The van der Waals surface area contributed by atoms with Crippen LogP contribution in [0.2, 0.25) is 0 Å². The monoisotopic (exact) mass is 372 g/mol. The van der Waals surface area contributed by atoms with Crippen LogP contribution in [0.25, 0.3) is 0 Å². The molecule has 0 radical (unpaired) electrons. The first-order valence-electron chi connectivity index (χ1n) is 9.75. The molecule has 0 atom stereocenters. The highest BCUT2D eigenvalue weighted by Crippen LogP contribution is 2.24. The molecule has 1 fully saturated rings. The van der Waals surface area contributed by atoms with Crippen LogP contribution in [0.3, 0.4) is 0 Å². The van der Waals surface area contributed by atoms with E-state index in [0.29, 0.717) is 0 Å². The Morgan fingerprint density at radius 2 is 1.71 bits per heavy atom. The number of para-hydroxylation sites is 1. The third-order valence-corrected chi connectivity index (χ3v) is 5.26. The number of carbonyl (C=O) groups excluding carboxylic acids is 1. The number of nitrogens with zero attached hydrogens (tertiary/aromatic N) is 3. The Labute approximate surface area is 165 Å². The van der Waals surface area contributed by atoms with E-state index in [9.17, 15) is 4.79 Å². The molecule has 0 unspecified atom stereocenters. The number of nitrogens with one attached hydrogen (secondary N) is 1. The molecular weight excluding hydrogens is 348 g/mol. The number of hydrogen-bond acceptors (Lipinski definition) is 4. The van der Waals surface area contributed by atoms with Crippen LogP contribution in [0.15, 0.2) is 72.9 Å². The molecule has 2 aromatic carbocycles. The molecule has 5 nitrogen and oxygen atoms in total. The van der Waals surface area contributed by atoms with Crippen LogP contribution in [0, 0.1) is 5.92 Å². The van der Waals surface area contributed by atoms with Crippen LogP contribution < -0.4 is 10.2 Å². The standard InChI is InChI=1S/C23H24N4O/c28-23(19-12-15-27(16-13-19)22-11-6-14-24-26-22)25-21-10-5-4-9-20(21)17-18-7-2-1-3-8-18/h1-11,14,19H,12-13,15-17H2,(H,25,28).